The van der Waals surface area contributed by atoms with E-state index >= 15 is 0 Å². The molecule has 0 fully saturated rings. The number of halogens is 3. The summed E-state index contributed by atoms with van der Waals surface area (Å²) in [5.74, 6) is -0.910. The second-order valence-electron chi connectivity index (χ2n) is 6.80. The lowest BCUT2D eigenvalue weighted by Crippen LogP contribution is -2.13. The van der Waals surface area contributed by atoms with E-state index in [-0.39, 0.29) is 26.3 Å². The normalized spacial score (nSPS) is 11.5. The van der Waals surface area contributed by atoms with Crippen molar-refractivity contribution in [3.63, 3.8) is 0 Å². The third-order valence-corrected chi connectivity index (χ3v) is 6.35. The van der Waals surface area contributed by atoms with Crippen molar-refractivity contribution < 1.29 is 17.4 Å². The third kappa shape index (κ3) is 6.28. The van der Waals surface area contributed by atoms with E-state index in [0.717, 1.165) is 5.56 Å². The van der Waals surface area contributed by atoms with Gasteiger partial charge in [-0.3, -0.25) is 4.79 Å². The van der Waals surface area contributed by atoms with Crippen molar-refractivity contribution in [3.8, 4) is 11.8 Å². The van der Waals surface area contributed by atoms with Crippen LogP contribution in [0.5, 0.6) is 5.75 Å². The molecule has 0 spiro atoms. The summed E-state index contributed by atoms with van der Waals surface area (Å²) in [7, 11) is -4.23. The molecule has 0 heterocycles. The van der Waals surface area contributed by atoms with Crippen LogP contribution in [0.25, 0.3) is 6.08 Å². The van der Waals surface area contributed by atoms with Crippen molar-refractivity contribution in [2.24, 2.45) is 0 Å². The number of carbonyl (C=O) groups is 1. The van der Waals surface area contributed by atoms with Gasteiger partial charge in [-0.1, -0.05) is 52.5 Å². The van der Waals surface area contributed by atoms with Gasteiger partial charge in [0.05, 0.1) is 10.0 Å². The summed E-state index contributed by atoms with van der Waals surface area (Å²) in [6, 6.07) is 16.9. The van der Waals surface area contributed by atoms with Gasteiger partial charge in [0.15, 0.2) is 5.75 Å². The molecule has 33 heavy (non-hydrogen) atoms. The van der Waals surface area contributed by atoms with Crippen LogP contribution in [0.3, 0.4) is 0 Å². The van der Waals surface area contributed by atoms with E-state index in [0.29, 0.717) is 16.3 Å². The molecular formula is C23H15Cl3N2O4S. The maximum atomic E-state index is 12.5. The minimum atomic E-state index is -4.23. The Balaban J connectivity index is 1.85. The van der Waals surface area contributed by atoms with Crippen LogP contribution in [0.15, 0.2) is 71.1 Å². The third-order valence-electron chi connectivity index (χ3n) is 4.30. The molecule has 0 atom stereocenters. The van der Waals surface area contributed by atoms with Gasteiger partial charge in [0.2, 0.25) is 0 Å². The molecule has 0 saturated heterocycles. The summed E-state index contributed by atoms with van der Waals surface area (Å²) >= 11 is 18.2. The molecule has 0 aliphatic heterocycles. The highest BCUT2D eigenvalue weighted by molar-refractivity contribution is 7.87. The Labute approximate surface area is 206 Å². The maximum Gasteiger partial charge on any atom is 0.339 e. The standard InChI is InChI=1S/C23H15Cl3N2O4S/c1-14-2-6-18(7-3-14)28-23(29)16(13-27)10-15-11-20(25)22(21(26)12-15)32-33(30,31)19-8-4-17(24)5-9-19/h2-12H,1H3,(H,28,29)/b16-10+. The van der Waals surface area contributed by atoms with E-state index in [1.54, 1.807) is 12.1 Å². The second kappa shape index (κ2) is 10.3. The second-order valence-corrected chi connectivity index (χ2v) is 9.59. The Kier molecular flexibility index (Phi) is 7.67. The molecule has 0 aliphatic carbocycles. The molecule has 3 rings (SSSR count). The number of nitrogens with zero attached hydrogens (tertiary/aromatic N) is 1. The average molecular weight is 522 g/mol. The molecule has 0 unspecified atom stereocenters. The van der Waals surface area contributed by atoms with Crippen LogP contribution in [0.4, 0.5) is 5.69 Å². The predicted molar refractivity (Wildman–Crippen MR) is 129 cm³/mol. The van der Waals surface area contributed by atoms with Crippen LogP contribution in [-0.2, 0) is 14.9 Å². The zero-order valence-corrected chi connectivity index (χ0v) is 20.1. The molecule has 3 aromatic rings. The number of carbonyl (C=O) groups excluding carboxylic acids is 1. The van der Waals surface area contributed by atoms with Crippen LogP contribution in [0.1, 0.15) is 11.1 Å². The predicted octanol–water partition coefficient (Wildman–Crippen LogP) is 6.27. The molecule has 168 valence electrons. The lowest BCUT2D eigenvalue weighted by atomic mass is 10.1. The van der Waals surface area contributed by atoms with Crippen LogP contribution in [0.2, 0.25) is 15.1 Å². The van der Waals surface area contributed by atoms with Crippen LogP contribution >= 0.6 is 34.8 Å². The van der Waals surface area contributed by atoms with Gasteiger partial charge in [0.25, 0.3) is 5.91 Å². The molecule has 10 heteroatoms. The number of hydrogen-bond acceptors (Lipinski definition) is 5. The number of nitrogens with one attached hydrogen (secondary N) is 1. The minimum Gasteiger partial charge on any atom is -0.376 e. The molecule has 3 aromatic carbocycles. The molecule has 0 bridgehead atoms. The van der Waals surface area contributed by atoms with Crippen molar-refractivity contribution in [1.82, 2.24) is 0 Å². The zero-order valence-electron chi connectivity index (χ0n) is 17.0. The lowest BCUT2D eigenvalue weighted by Gasteiger charge is -2.11. The molecule has 0 aromatic heterocycles. The van der Waals surface area contributed by atoms with Gasteiger partial charge in [-0.15, -0.1) is 0 Å². The first kappa shape index (κ1) is 24.6. The highest BCUT2D eigenvalue weighted by Crippen LogP contribution is 2.37. The molecule has 0 radical (unpaired) electrons. The summed E-state index contributed by atoms with van der Waals surface area (Å²) in [5, 5.41) is 12.2. The Bertz CT molecular complexity index is 1360. The highest BCUT2D eigenvalue weighted by atomic mass is 35.5. The van der Waals surface area contributed by atoms with Gasteiger partial charge in [0.1, 0.15) is 16.5 Å². The first-order valence-corrected chi connectivity index (χ1v) is 11.8. The smallest absolute Gasteiger partial charge is 0.339 e. The fraction of sp³-hybridized carbons (Fsp3) is 0.0435. The fourth-order valence-electron chi connectivity index (χ4n) is 2.65. The van der Waals surface area contributed by atoms with Crippen molar-refractivity contribution in [1.29, 1.82) is 5.26 Å². The number of benzene rings is 3. The van der Waals surface area contributed by atoms with Crippen LogP contribution < -0.4 is 9.50 Å². The number of aryl methyl sites for hydroxylation is 1. The van der Waals surface area contributed by atoms with Crippen LogP contribution in [-0.4, -0.2) is 14.3 Å². The van der Waals surface area contributed by atoms with E-state index < -0.39 is 16.0 Å². The summed E-state index contributed by atoms with van der Waals surface area (Å²) in [5.41, 5.74) is 1.65. The zero-order chi connectivity index (χ0) is 24.2. The Hall–Kier alpha value is -3.02. The number of anilines is 1. The molecule has 1 N–H and O–H groups in total. The van der Waals surface area contributed by atoms with Gasteiger partial charge < -0.3 is 9.50 Å². The highest BCUT2D eigenvalue weighted by Gasteiger charge is 2.21. The summed E-state index contributed by atoms with van der Waals surface area (Å²) in [4.78, 5) is 12.3. The summed E-state index contributed by atoms with van der Waals surface area (Å²) < 4.78 is 30.2. The number of hydrogen-bond donors (Lipinski definition) is 1. The molecule has 6 nitrogen and oxygen atoms in total. The van der Waals surface area contributed by atoms with Crippen molar-refractivity contribution in [2.45, 2.75) is 11.8 Å². The fourth-order valence-corrected chi connectivity index (χ4v) is 4.42. The molecule has 0 saturated carbocycles. The Morgan fingerprint density at radius 3 is 2.12 bits per heavy atom. The Morgan fingerprint density at radius 1 is 1.00 bits per heavy atom. The Morgan fingerprint density at radius 2 is 1.58 bits per heavy atom. The number of amides is 1. The van der Waals surface area contributed by atoms with Gasteiger partial charge in [-0.05, 0) is 67.1 Å². The van der Waals surface area contributed by atoms with Crippen molar-refractivity contribution in [3.05, 3.63) is 92.4 Å². The van der Waals surface area contributed by atoms with E-state index in [9.17, 15) is 18.5 Å². The average Bonchev–Trinajstić information content (AvgIpc) is 2.76. The summed E-state index contributed by atoms with van der Waals surface area (Å²) in [6.07, 6.45) is 1.28. The number of nitriles is 1. The topological polar surface area (TPSA) is 96.3 Å². The van der Waals surface area contributed by atoms with Crippen molar-refractivity contribution in [2.75, 3.05) is 5.32 Å². The monoisotopic (exact) mass is 520 g/mol. The van der Waals surface area contributed by atoms with Gasteiger partial charge in [0, 0.05) is 10.7 Å². The number of rotatable bonds is 6. The first-order valence-electron chi connectivity index (χ1n) is 9.28. The van der Waals surface area contributed by atoms with Gasteiger partial charge >= 0.3 is 10.1 Å². The lowest BCUT2D eigenvalue weighted by molar-refractivity contribution is -0.112. The quantitative estimate of drug-likeness (QED) is 0.234. The van der Waals surface area contributed by atoms with Crippen LogP contribution in [0, 0.1) is 18.3 Å². The summed E-state index contributed by atoms with van der Waals surface area (Å²) in [6.45, 7) is 1.91. The minimum absolute atomic E-state index is 0.123. The first-order chi connectivity index (χ1) is 15.6. The van der Waals surface area contributed by atoms with Gasteiger partial charge in [-0.2, -0.15) is 13.7 Å². The van der Waals surface area contributed by atoms with E-state index in [2.05, 4.69) is 5.32 Å². The van der Waals surface area contributed by atoms with Crippen molar-refractivity contribution >= 4 is 62.6 Å². The van der Waals surface area contributed by atoms with Gasteiger partial charge in [-0.25, -0.2) is 0 Å². The van der Waals surface area contributed by atoms with E-state index in [1.807, 2.05) is 25.1 Å². The maximum absolute atomic E-state index is 12.5. The molecule has 0 aliphatic rings. The molecular weight excluding hydrogens is 507 g/mol. The molecule has 1 amide bonds. The van der Waals surface area contributed by atoms with E-state index in [4.69, 9.17) is 39.0 Å². The van der Waals surface area contributed by atoms with E-state index in [1.165, 1.54) is 42.5 Å². The SMILES string of the molecule is Cc1ccc(NC(=O)/C(C#N)=C/c2cc(Cl)c(OS(=O)(=O)c3ccc(Cl)cc3)c(Cl)c2)cc1. The largest absolute Gasteiger partial charge is 0.376 e.